The minimum Gasteiger partial charge on any atom is -0.353 e. The van der Waals surface area contributed by atoms with Crippen LogP contribution in [0.2, 0.25) is 0 Å². The van der Waals surface area contributed by atoms with Crippen LogP contribution in [0.1, 0.15) is 37.8 Å². The quantitative estimate of drug-likeness (QED) is 0.715. The minimum absolute atomic E-state index is 0. The van der Waals surface area contributed by atoms with Crippen molar-refractivity contribution < 1.29 is 9.59 Å². The fraction of sp³-hybridized carbons (Fsp3) is 0.556. The van der Waals surface area contributed by atoms with Gasteiger partial charge in [0.2, 0.25) is 5.91 Å². The molecular formula is C18H29ClN4O2. The maximum atomic E-state index is 12.2. The number of urea groups is 1. The van der Waals surface area contributed by atoms with E-state index in [2.05, 4.69) is 16.7 Å². The smallest absolute Gasteiger partial charge is 0.318 e. The molecule has 140 valence electrons. The van der Waals surface area contributed by atoms with Crippen molar-refractivity contribution in [2.75, 3.05) is 19.6 Å². The van der Waals surface area contributed by atoms with Gasteiger partial charge in [0.1, 0.15) is 0 Å². The Bertz CT molecular complexity index is 590. The summed E-state index contributed by atoms with van der Waals surface area (Å²) in [4.78, 5) is 25.9. The number of amides is 3. The molecule has 25 heavy (non-hydrogen) atoms. The number of carbonyl (C=O) groups is 2. The highest BCUT2D eigenvalue weighted by Gasteiger charge is 2.22. The predicted octanol–water partition coefficient (Wildman–Crippen LogP) is 1.81. The molecule has 1 aliphatic rings. The zero-order valence-electron chi connectivity index (χ0n) is 15.0. The van der Waals surface area contributed by atoms with E-state index in [-0.39, 0.29) is 36.4 Å². The third kappa shape index (κ3) is 5.90. The number of rotatable bonds is 6. The summed E-state index contributed by atoms with van der Waals surface area (Å²) in [6.07, 6.45) is 2.44. The molecule has 1 aliphatic heterocycles. The Labute approximate surface area is 155 Å². The van der Waals surface area contributed by atoms with Crippen LogP contribution in [0.15, 0.2) is 24.3 Å². The molecule has 0 aliphatic carbocycles. The van der Waals surface area contributed by atoms with E-state index < -0.39 is 0 Å². The molecule has 0 fully saturated rings. The van der Waals surface area contributed by atoms with Crippen LogP contribution in [0.25, 0.3) is 0 Å². The van der Waals surface area contributed by atoms with E-state index in [9.17, 15) is 9.59 Å². The first kappa shape index (κ1) is 21.3. The SMILES string of the molecule is CCC(N)(CC)CNC(=O)CNC(=O)N1CCc2ccccc2C1.Cl. The minimum atomic E-state index is -0.379. The van der Waals surface area contributed by atoms with Crippen molar-refractivity contribution in [2.45, 2.75) is 45.2 Å². The summed E-state index contributed by atoms with van der Waals surface area (Å²) >= 11 is 0. The number of nitrogens with two attached hydrogens (primary N) is 1. The lowest BCUT2D eigenvalue weighted by atomic mass is 9.94. The Balaban J connectivity index is 0.00000312. The molecule has 4 N–H and O–H groups in total. The van der Waals surface area contributed by atoms with Crippen molar-refractivity contribution in [2.24, 2.45) is 5.73 Å². The third-order valence-electron chi connectivity index (χ3n) is 4.86. The van der Waals surface area contributed by atoms with Crippen LogP contribution in [0.4, 0.5) is 4.79 Å². The second-order valence-electron chi connectivity index (χ2n) is 6.45. The molecule has 0 atom stereocenters. The fourth-order valence-corrected chi connectivity index (χ4v) is 2.77. The van der Waals surface area contributed by atoms with Crippen molar-refractivity contribution in [3.8, 4) is 0 Å². The standard InChI is InChI=1S/C18H28N4O2.ClH/c1-3-18(19,4-2)13-21-16(23)11-20-17(24)22-10-9-14-7-5-6-8-15(14)12-22;/h5-8H,3-4,9-13,19H2,1-2H3,(H,20,24)(H,21,23);1H. The van der Waals surface area contributed by atoms with Gasteiger partial charge in [-0.2, -0.15) is 0 Å². The Hall–Kier alpha value is -1.79. The Morgan fingerprint density at radius 3 is 2.44 bits per heavy atom. The van der Waals surface area contributed by atoms with Gasteiger partial charge in [0.05, 0.1) is 6.54 Å². The number of carbonyl (C=O) groups excluding carboxylic acids is 2. The number of nitrogens with one attached hydrogen (secondary N) is 2. The number of halogens is 1. The Kier molecular flexibility index (Phi) is 8.19. The second kappa shape index (κ2) is 9.63. The van der Waals surface area contributed by atoms with Crippen molar-refractivity contribution in [3.05, 3.63) is 35.4 Å². The molecule has 6 nitrogen and oxygen atoms in total. The fourth-order valence-electron chi connectivity index (χ4n) is 2.77. The summed E-state index contributed by atoms with van der Waals surface area (Å²) in [5, 5.41) is 5.49. The van der Waals surface area contributed by atoms with Crippen LogP contribution in [-0.4, -0.2) is 42.0 Å². The summed E-state index contributed by atoms with van der Waals surface area (Å²) in [6.45, 7) is 5.66. The predicted molar refractivity (Wildman–Crippen MR) is 102 cm³/mol. The number of hydrogen-bond donors (Lipinski definition) is 3. The number of nitrogens with zero attached hydrogens (tertiary/aromatic N) is 1. The molecule has 1 aromatic rings. The van der Waals surface area contributed by atoms with Gasteiger partial charge in [-0.05, 0) is 30.4 Å². The third-order valence-corrected chi connectivity index (χ3v) is 4.86. The number of fused-ring (bicyclic) bond motifs is 1. The molecule has 1 heterocycles. The zero-order valence-corrected chi connectivity index (χ0v) is 15.8. The first-order valence-corrected chi connectivity index (χ1v) is 8.62. The lowest BCUT2D eigenvalue weighted by molar-refractivity contribution is -0.120. The number of benzene rings is 1. The average Bonchev–Trinajstić information content (AvgIpc) is 2.63. The van der Waals surface area contributed by atoms with E-state index in [0.29, 0.717) is 19.6 Å². The largest absolute Gasteiger partial charge is 0.353 e. The van der Waals surface area contributed by atoms with Crippen molar-refractivity contribution >= 4 is 24.3 Å². The highest BCUT2D eigenvalue weighted by Crippen LogP contribution is 2.18. The van der Waals surface area contributed by atoms with E-state index in [0.717, 1.165) is 19.3 Å². The van der Waals surface area contributed by atoms with Crippen molar-refractivity contribution in [1.82, 2.24) is 15.5 Å². The van der Waals surface area contributed by atoms with Crippen molar-refractivity contribution in [3.63, 3.8) is 0 Å². The van der Waals surface area contributed by atoms with Crippen LogP contribution in [0, 0.1) is 0 Å². The van der Waals surface area contributed by atoms with Gasteiger partial charge in [-0.15, -0.1) is 12.4 Å². The molecule has 0 unspecified atom stereocenters. The van der Waals surface area contributed by atoms with E-state index >= 15 is 0 Å². The molecule has 3 amide bonds. The molecular weight excluding hydrogens is 340 g/mol. The normalized spacial score (nSPS) is 13.5. The van der Waals surface area contributed by atoms with Crippen LogP contribution < -0.4 is 16.4 Å². The zero-order chi connectivity index (χ0) is 17.6. The van der Waals surface area contributed by atoms with E-state index in [1.54, 1.807) is 4.90 Å². The molecule has 7 heteroatoms. The maximum absolute atomic E-state index is 12.2. The van der Waals surface area contributed by atoms with Gasteiger partial charge in [0.25, 0.3) is 0 Å². The van der Waals surface area contributed by atoms with E-state index in [4.69, 9.17) is 5.73 Å². The van der Waals surface area contributed by atoms with Crippen LogP contribution in [-0.2, 0) is 17.8 Å². The second-order valence-corrected chi connectivity index (χ2v) is 6.45. The van der Waals surface area contributed by atoms with Crippen LogP contribution in [0.5, 0.6) is 0 Å². The van der Waals surface area contributed by atoms with Gasteiger partial charge in [-0.25, -0.2) is 4.79 Å². The van der Waals surface area contributed by atoms with Crippen molar-refractivity contribution in [1.29, 1.82) is 0 Å². The van der Waals surface area contributed by atoms with Gasteiger partial charge in [-0.3, -0.25) is 4.79 Å². The van der Waals surface area contributed by atoms with E-state index in [1.165, 1.54) is 11.1 Å². The summed E-state index contributed by atoms with van der Waals surface area (Å²) in [7, 11) is 0. The molecule has 2 rings (SSSR count). The van der Waals surface area contributed by atoms with Gasteiger partial charge in [-0.1, -0.05) is 38.1 Å². The van der Waals surface area contributed by atoms with E-state index in [1.807, 2.05) is 32.0 Å². The van der Waals surface area contributed by atoms with Gasteiger partial charge >= 0.3 is 6.03 Å². The molecule has 0 saturated heterocycles. The van der Waals surface area contributed by atoms with Crippen LogP contribution >= 0.6 is 12.4 Å². The lowest BCUT2D eigenvalue weighted by Gasteiger charge is -2.29. The molecule has 1 aromatic carbocycles. The Morgan fingerprint density at radius 2 is 1.80 bits per heavy atom. The lowest BCUT2D eigenvalue weighted by Crippen LogP contribution is -2.51. The maximum Gasteiger partial charge on any atom is 0.318 e. The topological polar surface area (TPSA) is 87.5 Å². The Morgan fingerprint density at radius 1 is 1.16 bits per heavy atom. The van der Waals surface area contributed by atoms with Crippen LogP contribution in [0.3, 0.4) is 0 Å². The average molecular weight is 369 g/mol. The molecule has 0 bridgehead atoms. The molecule has 0 radical (unpaired) electrons. The summed E-state index contributed by atoms with van der Waals surface area (Å²) in [6, 6.07) is 7.93. The number of hydrogen-bond acceptors (Lipinski definition) is 3. The van der Waals surface area contributed by atoms with Gasteiger partial charge in [0.15, 0.2) is 0 Å². The monoisotopic (exact) mass is 368 g/mol. The summed E-state index contributed by atoms with van der Waals surface area (Å²) < 4.78 is 0. The molecule has 0 saturated carbocycles. The van der Waals surface area contributed by atoms with Gasteiger partial charge in [0, 0.05) is 25.2 Å². The highest BCUT2D eigenvalue weighted by molar-refractivity contribution is 5.85. The first-order chi connectivity index (χ1) is 11.5. The van der Waals surface area contributed by atoms with Gasteiger partial charge < -0.3 is 21.3 Å². The summed E-state index contributed by atoms with van der Waals surface area (Å²) in [5.41, 5.74) is 8.23. The first-order valence-electron chi connectivity index (χ1n) is 8.62. The molecule has 0 aromatic heterocycles. The molecule has 0 spiro atoms. The summed E-state index contributed by atoms with van der Waals surface area (Å²) in [5.74, 6) is -0.211. The highest BCUT2D eigenvalue weighted by atomic mass is 35.5.